The minimum absolute atomic E-state index is 0.0617. The average Bonchev–Trinajstić information content (AvgIpc) is 2.49. The summed E-state index contributed by atoms with van der Waals surface area (Å²) in [6, 6.07) is 10.8. The van der Waals surface area contributed by atoms with Crippen LogP contribution >= 0.6 is 0 Å². The lowest BCUT2D eigenvalue weighted by Crippen LogP contribution is -2.48. The predicted octanol–water partition coefficient (Wildman–Crippen LogP) is 1.82. The molecule has 1 aromatic heterocycles. The molecule has 2 atom stereocenters. The molecule has 1 N–H and O–H groups in total. The molecule has 1 aliphatic rings. The second kappa shape index (κ2) is 5.87. The zero-order valence-corrected chi connectivity index (χ0v) is 11.7. The maximum absolute atomic E-state index is 9.24. The number of pyridine rings is 1. The molecule has 4 nitrogen and oxygen atoms in total. The lowest BCUT2D eigenvalue weighted by atomic mass is 10.1. The SMILES string of the molecule is CC1COC(CO)CN1Cc1ccc2ncccc2c1. The minimum Gasteiger partial charge on any atom is -0.394 e. The third kappa shape index (κ3) is 2.82. The van der Waals surface area contributed by atoms with Crippen molar-refractivity contribution in [1.82, 2.24) is 9.88 Å². The van der Waals surface area contributed by atoms with Gasteiger partial charge in [0.1, 0.15) is 0 Å². The van der Waals surface area contributed by atoms with E-state index in [4.69, 9.17) is 4.74 Å². The molecule has 0 bridgehead atoms. The van der Waals surface area contributed by atoms with E-state index < -0.39 is 0 Å². The largest absolute Gasteiger partial charge is 0.394 e. The second-order valence-corrected chi connectivity index (χ2v) is 5.45. The molecule has 0 amide bonds. The molecule has 0 saturated carbocycles. The van der Waals surface area contributed by atoms with Gasteiger partial charge >= 0.3 is 0 Å². The third-order valence-electron chi connectivity index (χ3n) is 3.89. The molecule has 1 saturated heterocycles. The van der Waals surface area contributed by atoms with Crippen LogP contribution in [0.25, 0.3) is 10.9 Å². The third-order valence-corrected chi connectivity index (χ3v) is 3.89. The molecule has 2 heterocycles. The van der Waals surface area contributed by atoms with E-state index in [1.807, 2.05) is 12.3 Å². The Bertz CT molecular complexity index is 587. The first kappa shape index (κ1) is 13.5. The van der Waals surface area contributed by atoms with Crippen molar-refractivity contribution >= 4 is 10.9 Å². The lowest BCUT2D eigenvalue weighted by Gasteiger charge is -2.37. The van der Waals surface area contributed by atoms with Gasteiger partial charge in [0, 0.05) is 30.7 Å². The number of fused-ring (bicyclic) bond motifs is 1. The van der Waals surface area contributed by atoms with E-state index in [0.717, 1.165) is 18.6 Å². The van der Waals surface area contributed by atoms with E-state index >= 15 is 0 Å². The molecule has 20 heavy (non-hydrogen) atoms. The molecule has 0 spiro atoms. The smallest absolute Gasteiger partial charge is 0.0933 e. The van der Waals surface area contributed by atoms with Crippen LogP contribution in [0.2, 0.25) is 0 Å². The topological polar surface area (TPSA) is 45.6 Å². The van der Waals surface area contributed by atoms with Gasteiger partial charge in [-0.1, -0.05) is 12.1 Å². The lowest BCUT2D eigenvalue weighted by molar-refractivity contribution is -0.0805. The van der Waals surface area contributed by atoms with Crippen LogP contribution in [0.5, 0.6) is 0 Å². The van der Waals surface area contributed by atoms with Gasteiger partial charge in [0.2, 0.25) is 0 Å². The zero-order valence-electron chi connectivity index (χ0n) is 11.7. The van der Waals surface area contributed by atoms with E-state index in [2.05, 4.69) is 41.1 Å². The number of aliphatic hydroxyl groups is 1. The van der Waals surface area contributed by atoms with Crippen LogP contribution in [-0.4, -0.2) is 46.9 Å². The summed E-state index contributed by atoms with van der Waals surface area (Å²) in [5, 5.41) is 10.4. The fourth-order valence-electron chi connectivity index (χ4n) is 2.66. The van der Waals surface area contributed by atoms with E-state index in [9.17, 15) is 5.11 Å². The van der Waals surface area contributed by atoms with Gasteiger partial charge in [0.25, 0.3) is 0 Å². The van der Waals surface area contributed by atoms with Crippen LogP contribution in [0, 0.1) is 0 Å². The minimum atomic E-state index is -0.0617. The van der Waals surface area contributed by atoms with Crippen molar-refractivity contribution in [2.24, 2.45) is 0 Å². The van der Waals surface area contributed by atoms with Crippen molar-refractivity contribution in [2.75, 3.05) is 19.8 Å². The summed E-state index contributed by atoms with van der Waals surface area (Å²) in [6.07, 6.45) is 1.76. The number of hydrogen-bond donors (Lipinski definition) is 1. The van der Waals surface area contributed by atoms with Crippen LogP contribution < -0.4 is 0 Å². The first-order valence-corrected chi connectivity index (χ1v) is 7.06. The number of aromatic nitrogens is 1. The molecule has 1 fully saturated rings. The standard InChI is InChI=1S/C16H20N2O2/c1-12-11-20-15(10-19)9-18(12)8-13-4-5-16-14(7-13)3-2-6-17-16/h2-7,12,15,19H,8-11H2,1H3. The number of hydrogen-bond acceptors (Lipinski definition) is 4. The molecule has 1 aromatic carbocycles. The van der Waals surface area contributed by atoms with Gasteiger partial charge in [-0.3, -0.25) is 9.88 Å². The van der Waals surface area contributed by atoms with Crippen molar-refractivity contribution in [3.05, 3.63) is 42.1 Å². The van der Waals surface area contributed by atoms with Crippen molar-refractivity contribution in [2.45, 2.75) is 25.6 Å². The molecule has 0 aliphatic carbocycles. The highest BCUT2D eigenvalue weighted by atomic mass is 16.5. The van der Waals surface area contributed by atoms with Crippen LogP contribution in [0.4, 0.5) is 0 Å². The van der Waals surface area contributed by atoms with E-state index in [1.165, 1.54) is 10.9 Å². The summed E-state index contributed by atoms with van der Waals surface area (Å²) in [5.41, 5.74) is 2.30. The van der Waals surface area contributed by atoms with E-state index in [-0.39, 0.29) is 12.7 Å². The summed E-state index contributed by atoms with van der Waals surface area (Å²) in [7, 11) is 0. The maximum Gasteiger partial charge on any atom is 0.0933 e. The Morgan fingerprint density at radius 3 is 3.15 bits per heavy atom. The van der Waals surface area contributed by atoms with Gasteiger partial charge in [-0.15, -0.1) is 0 Å². The van der Waals surface area contributed by atoms with Crippen molar-refractivity contribution in [3.63, 3.8) is 0 Å². The molecular weight excluding hydrogens is 252 g/mol. The Morgan fingerprint density at radius 1 is 1.40 bits per heavy atom. The predicted molar refractivity (Wildman–Crippen MR) is 78.4 cm³/mol. The molecular formula is C16H20N2O2. The monoisotopic (exact) mass is 272 g/mol. The van der Waals surface area contributed by atoms with E-state index in [0.29, 0.717) is 12.6 Å². The van der Waals surface area contributed by atoms with E-state index in [1.54, 1.807) is 0 Å². The molecule has 106 valence electrons. The van der Waals surface area contributed by atoms with Crippen molar-refractivity contribution < 1.29 is 9.84 Å². The summed E-state index contributed by atoms with van der Waals surface area (Å²) in [5.74, 6) is 0. The molecule has 2 unspecified atom stereocenters. The second-order valence-electron chi connectivity index (χ2n) is 5.45. The number of rotatable bonds is 3. The van der Waals surface area contributed by atoms with Gasteiger partial charge in [0.05, 0.1) is 24.8 Å². The highest BCUT2D eigenvalue weighted by Gasteiger charge is 2.25. The molecule has 4 heteroatoms. The summed E-state index contributed by atoms with van der Waals surface area (Å²) >= 11 is 0. The van der Waals surface area contributed by atoms with Gasteiger partial charge < -0.3 is 9.84 Å². The highest BCUT2D eigenvalue weighted by Crippen LogP contribution is 2.18. The van der Waals surface area contributed by atoms with Crippen molar-refractivity contribution in [1.29, 1.82) is 0 Å². The molecule has 1 aliphatic heterocycles. The Kier molecular flexibility index (Phi) is 3.96. The Balaban J connectivity index is 1.77. The summed E-state index contributed by atoms with van der Waals surface area (Å²) < 4.78 is 5.58. The molecule has 2 aromatic rings. The zero-order chi connectivity index (χ0) is 13.9. The number of benzene rings is 1. The average molecular weight is 272 g/mol. The molecule has 0 radical (unpaired) electrons. The Morgan fingerprint density at radius 2 is 2.30 bits per heavy atom. The quantitative estimate of drug-likeness (QED) is 0.925. The first-order valence-electron chi connectivity index (χ1n) is 7.06. The number of morpholine rings is 1. The fourth-order valence-corrected chi connectivity index (χ4v) is 2.66. The fraction of sp³-hybridized carbons (Fsp3) is 0.438. The first-order chi connectivity index (χ1) is 9.76. The highest BCUT2D eigenvalue weighted by molar-refractivity contribution is 5.78. The number of ether oxygens (including phenoxy) is 1. The van der Waals surface area contributed by atoms with Crippen LogP contribution in [0.15, 0.2) is 36.5 Å². The van der Waals surface area contributed by atoms with Crippen LogP contribution in [0.3, 0.4) is 0 Å². The summed E-state index contributed by atoms with van der Waals surface area (Å²) in [4.78, 5) is 6.71. The number of aliphatic hydroxyl groups excluding tert-OH is 1. The number of nitrogens with zero attached hydrogens (tertiary/aromatic N) is 2. The summed E-state index contributed by atoms with van der Waals surface area (Å²) in [6.45, 7) is 4.59. The Labute approximate surface area is 119 Å². The van der Waals surface area contributed by atoms with Gasteiger partial charge in [-0.2, -0.15) is 0 Å². The van der Waals surface area contributed by atoms with Crippen molar-refractivity contribution in [3.8, 4) is 0 Å². The molecule has 3 rings (SSSR count). The van der Waals surface area contributed by atoms with Crippen LogP contribution in [0.1, 0.15) is 12.5 Å². The van der Waals surface area contributed by atoms with Gasteiger partial charge in [-0.05, 0) is 30.7 Å². The van der Waals surface area contributed by atoms with Gasteiger partial charge in [-0.25, -0.2) is 0 Å². The Hall–Kier alpha value is -1.49. The maximum atomic E-state index is 9.24. The normalized spacial score (nSPS) is 24.1. The van der Waals surface area contributed by atoms with Crippen LogP contribution in [-0.2, 0) is 11.3 Å². The van der Waals surface area contributed by atoms with Gasteiger partial charge in [0.15, 0.2) is 0 Å².